The van der Waals surface area contributed by atoms with Crippen molar-refractivity contribution < 1.29 is 13.2 Å². The molecule has 5 nitrogen and oxygen atoms in total. The summed E-state index contributed by atoms with van der Waals surface area (Å²) in [4.78, 5) is 0.214. The summed E-state index contributed by atoms with van der Waals surface area (Å²) in [5.41, 5.74) is 6.15. The molecule has 0 amide bonds. The number of hydrogen-bond acceptors (Lipinski definition) is 4. The predicted molar refractivity (Wildman–Crippen MR) is 77.0 cm³/mol. The molecule has 0 saturated heterocycles. The molecule has 3 atom stereocenters. The van der Waals surface area contributed by atoms with E-state index >= 15 is 0 Å². The van der Waals surface area contributed by atoms with Crippen molar-refractivity contribution in [2.24, 2.45) is 11.8 Å². The number of ether oxygens (including phenoxy) is 1. The molecule has 0 heterocycles. The Labute approximate surface area is 119 Å². The van der Waals surface area contributed by atoms with Crippen molar-refractivity contribution in [1.82, 2.24) is 4.72 Å². The minimum absolute atomic E-state index is 0.0855. The molecule has 1 aromatic carbocycles. The van der Waals surface area contributed by atoms with Crippen LogP contribution in [0.5, 0.6) is 5.75 Å². The van der Waals surface area contributed by atoms with E-state index in [0.29, 0.717) is 23.3 Å². The van der Waals surface area contributed by atoms with Crippen LogP contribution in [-0.2, 0) is 10.0 Å². The third-order valence-corrected chi connectivity index (χ3v) is 6.05. The summed E-state index contributed by atoms with van der Waals surface area (Å²) in [6.45, 7) is 0. The summed E-state index contributed by atoms with van der Waals surface area (Å²) in [5.74, 6) is 1.60. The van der Waals surface area contributed by atoms with Crippen LogP contribution in [0, 0.1) is 11.8 Å². The SMILES string of the molecule is COc1cc(S(=O)(=O)NC2CC3CCC2C3)ccc1N. The van der Waals surface area contributed by atoms with E-state index in [-0.39, 0.29) is 10.9 Å². The van der Waals surface area contributed by atoms with Gasteiger partial charge in [0.25, 0.3) is 0 Å². The fourth-order valence-corrected chi connectivity index (χ4v) is 4.85. The number of methoxy groups -OCH3 is 1. The summed E-state index contributed by atoms with van der Waals surface area (Å²) in [5, 5.41) is 0. The van der Waals surface area contributed by atoms with E-state index in [4.69, 9.17) is 10.5 Å². The van der Waals surface area contributed by atoms with Gasteiger partial charge in [0, 0.05) is 12.1 Å². The standard InChI is InChI=1S/C14H20N2O3S/c1-19-14-8-11(4-5-12(14)15)20(17,18)16-13-7-9-2-3-10(13)6-9/h4-5,8-10,13,16H,2-3,6-7,15H2,1H3. The van der Waals surface area contributed by atoms with Crippen LogP contribution in [0.15, 0.2) is 23.1 Å². The molecule has 0 aliphatic heterocycles. The Morgan fingerprint density at radius 2 is 2.10 bits per heavy atom. The van der Waals surface area contributed by atoms with Gasteiger partial charge in [-0.1, -0.05) is 6.42 Å². The van der Waals surface area contributed by atoms with Crippen LogP contribution in [0.25, 0.3) is 0 Å². The van der Waals surface area contributed by atoms with Crippen LogP contribution in [-0.4, -0.2) is 21.6 Å². The number of benzene rings is 1. The molecule has 110 valence electrons. The van der Waals surface area contributed by atoms with Gasteiger partial charge in [0.1, 0.15) is 5.75 Å². The fourth-order valence-electron chi connectivity index (χ4n) is 3.52. The van der Waals surface area contributed by atoms with Crippen molar-refractivity contribution in [1.29, 1.82) is 0 Å². The Bertz CT molecular complexity index is 615. The average molecular weight is 296 g/mol. The maximum atomic E-state index is 12.4. The lowest BCUT2D eigenvalue weighted by Crippen LogP contribution is -2.38. The zero-order chi connectivity index (χ0) is 14.3. The van der Waals surface area contributed by atoms with E-state index < -0.39 is 10.0 Å². The van der Waals surface area contributed by atoms with Crippen molar-refractivity contribution in [3.05, 3.63) is 18.2 Å². The highest BCUT2D eigenvalue weighted by atomic mass is 32.2. The quantitative estimate of drug-likeness (QED) is 0.829. The number of rotatable bonds is 4. The lowest BCUT2D eigenvalue weighted by molar-refractivity contribution is 0.390. The highest BCUT2D eigenvalue weighted by molar-refractivity contribution is 7.89. The molecule has 2 bridgehead atoms. The second-order valence-electron chi connectivity index (χ2n) is 5.81. The van der Waals surface area contributed by atoms with Crippen molar-refractivity contribution in [3.8, 4) is 5.75 Å². The monoisotopic (exact) mass is 296 g/mol. The van der Waals surface area contributed by atoms with Crippen LogP contribution in [0.1, 0.15) is 25.7 Å². The largest absolute Gasteiger partial charge is 0.495 e. The Morgan fingerprint density at radius 1 is 1.30 bits per heavy atom. The van der Waals surface area contributed by atoms with Crippen LogP contribution in [0.3, 0.4) is 0 Å². The average Bonchev–Trinajstić information content (AvgIpc) is 3.00. The zero-order valence-electron chi connectivity index (χ0n) is 11.5. The molecule has 2 aliphatic rings. The molecule has 2 fully saturated rings. The van der Waals surface area contributed by atoms with Gasteiger partial charge in [0.15, 0.2) is 0 Å². The van der Waals surface area contributed by atoms with Gasteiger partial charge < -0.3 is 10.5 Å². The van der Waals surface area contributed by atoms with Crippen molar-refractivity contribution in [2.75, 3.05) is 12.8 Å². The van der Waals surface area contributed by atoms with Gasteiger partial charge in [-0.3, -0.25) is 0 Å². The third-order valence-electron chi connectivity index (χ3n) is 4.56. The first-order valence-corrected chi connectivity index (χ1v) is 8.44. The van der Waals surface area contributed by atoms with Crippen LogP contribution < -0.4 is 15.2 Å². The number of anilines is 1. The minimum Gasteiger partial charge on any atom is -0.495 e. The maximum absolute atomic E-state index is 12.4. The molecule has 0 aromatic heterocycles. The normalized spacial score (nSPS) is 28.8. The number of nitrogens with one attached hydrogen (secondary N) is 1. The molecule has 3 rings (SSSR count). The second kappa shape index (κ2) is 4.93. The zero-order valence-corrected chi connectivity index (χ0v) is 12.3. The van der Waals surface area contributed by atoms with Gasteiger partial charge in [-0.25, -0.2) is 13.1 Å². The summed E-state index contributed by atoms with van der Waals surface area (Å²) < 4.78 is 32.8. The highest BCUT2D eigenvalue weighted by Gasteiger charge is 2.41. The van der Waals surface area contributed by atoms with Gasteiger partial charge in [-0.05, 0) is 43.2 Å². The number of hydrogen-bond donors (Lipinski definition) is 2. The van der Waals surface area contributed by atoms with E-state index in [9.17, 15) is 8.42 Å². The molecule has 0 spiro atoms. The first-order valence-electron chi connectivity index (χ1n) is 6.95. The van der Waals surface area contributed by atoms with Gasteiger partial charge in [0.2, 0.25) is 10.0 Å². The van der Waals surface area contributed by atoms with Crippen LogP contribution in [0.4, 0.5) is 5.69 Å². The second-order valence-corrected chi connectivity index (χ2v) is 7.52. The van der Waals surface area contributed by atoms with E-state index in [1.54, 1.807) is 6.07 Å². The van der Waals surface area contributed by atoms with Crippen molar-refractivity contribution >= 4 is 15.7 Å². The Kier molecular flexibility index (Phi) is 3.38. The number of sulfonamides is 1. The number of nitrogens with two attached hydrogens (primary N) is 1. The molecule has 6 heteroatoms. The molecule has 2 aliphatic carbocycles. The summed E-state index contributed by atoms with van der Waals surface area (Å²) in [6.07, 6.45) is 4.52. The summed E-state index contributed by atoms with van der Waals surface area (Å²) >= 11 is 0. The smallest absolute Gasteiger partial charge is 0.240 e. The third kappa shape index (κ3) is 2.38. The summed E-state index contributed by atoms with van der Waals surface area (Å²) in [6, 6.07) is 4.65. The molecular weight excluding hydrogens is 276 g/mol. The molecule has 2 saturated carbocycles. The number of fused-ring (bicyclic) bond motifs is 2. The van der Waals surface area contributed by atoms with Crippen molar-refractivity contribution in [2.45, 2.75) is 36.6 Å². The van der Waals surface area contributed by atoms with E-state index in [0.717, 1.165) is 19.3 Å². The first-order chi connectivity index (χ1) is 9.49. The Morgan fingerprint density at radius 3 is 2.70 bits per heavy atom. The minimum atomic E-state index is -3.50. The lowest BCUT2D eigenvalue weighted by atomic mass is 9.96. The molecule has 3 N–H and O–H groups in total. The highest BCUT2D eigenvalue weighted by Crippen LogP contribution is 2.44. The summed E-state index contributed by atoms with van der Waals surface area (Å²) in [7, 11) is -2.02. The van der Waals surface area contributed by atoms with Crippen molar-refractivity contribution in [3.63, 3.8) is 0 Å². The fraction of sp³-hybridized carbons (Fsp3) is 0.571. The van der Waals surface area contributed by atoms with E-state index in [2.05, 4.69) is 4.72 Å². The predicted octanol–water partition coefficient (Wildman–Crippen LogP) is 1.74. The first kappa shape index (κ1) is 13.7. The molecule has 0 radical (unpaired) electrons. The van der Waals surface area contributed by atoms with Gasteiger partial charge >= 0.3 is 0 Å². The van der Waals surface area contributed by atoms with Crippen LogP contribution >= 0.6 is 0 Å². The molecular formula is C14H20N2O3S. The van der Waals surface area contributed by atoms with E-state index in [1.807, 2.05) is 0 Å². The molecule has 3 unspecified atom stereocenters. The maximum Gasteiger partial charge on any atom is 0.240 e. The molecule has 1 aromatic rings. The van der Waals surface area contributed by atoms with E-state index in [1.165, 1.54) is 25.7 Å². The molecule has 20 heavy (non-hydrogen) atoms. The van der Waals surface area contributed by atoms with Gasteiger partial charge in [-0.15, -0.1) is 0 Å². The Hall–Kier alpha value is -1.27. The van der Waals surface area contributed by atoms with Gasteiger partial charge in [0.05, 0.1) is 17.7 Å². The Balaban J connectivity index is 1.81. The van der Waals surface area contributed by atoms with Crippen LogP contribution in [0.2, 0.25) is 0 Å². The number of nitrogen functional groups attached to an aromatic ring is 1. The van der Waals surface area contributed by atoms with Gasteiger partial charge in [-0.2, -0.15) is 0 Å². The topological polar surface area (TPSA) is 81.4 Å². The lowest BCUT2D eigenvalue weighted by Gasteiger charge is -2.22.